The van der Waals surface area contributed by atoms with Gasteiger partial charge in [-0.25, -0.2) is 9.66 Å². The molecule has 4 rings (SSSR count). The number of benzene rings is 1. The Kier molecular flexibility index (Phi) is 4.90. The molecule has 144 valence electrons. The molecule has 1 atom stereocenters. The average molecular weight is 433 g/mol. The van der Waals surface area contributed by atoms with Crippen LogP contribution in [0.4, 0.5) is 0 Å². The van der Waals surface area contributed by atoms with Gasteiger partial charge in [0.15, 0.2) is 5.82 Å². The zero-order valence-corrected chi connectivity index (χ0v) is 17.7. The third-order valence-electron chi connectivity index (χ3n) is 4.47. The second kappa shape index (κ2) is 7.23. The zero-order valence-electron chi connectivity index (χ0n) is 15.4. The molecule has 3 heterocycles. The van der Waals surface area contributed by atoms with E-state index in [0.717, 1.165) is 20.8 Å². The number of thioether (sulfide) groups is 1. The third kappa shape index (κ3) is 3.30. The first-order valence-electron chi connectivity index (χ1n) is 8.48. The van der Waals surface area contributed by atoms with E-state index in [9.17, 15) is 4.79 Å². The van der Waals surface area contributed by atoms with E-state index in [1.165, 1.54) is 27.8 Å². The van der Waals surface area contributed by atoms with E-state index in [1.54, 1.807) is 12.1 Å². The molecule has 0 saturated carbocycles. The Morgan fingerprint density at radius 3 is 2.86 bits per heavy atom. The van der Waals surface area contributed by atoms with Crippen molar-refractivity contribution in [3.8, 4) is 11.4 Å². The van der Waals surface area contributed by atoms with Gasteiger partial charge in [-0.15, -0.1) is 21.5 Å². The summed E-state index contributed by atoms with van der Waals surface area (Å²) in [4.78, 5) is 21.9. The second-order valence-corrected chi connectivity index (χ2v) is 9.31. The molecule has 4 aromatic rings. The summed E-state index contributed by atoms with van der Waals surface area (Å²) in [5.74, 6) is 7.29. The standard InChI is InChI=1S/C18H17ClN6OS2/c1-8-9(2)27-17-13(8)16(26)21-14(22-17)10(3)28-18-24-23-15(25(18)20)11-5-4-6-12(19)7-11/h4-7,10H,20H2,1-3H3,(H,21,22,26)/t10-/m0/s1. The minimum atomic E-state index is -0.168. The smallest absolute Gasteiger partial charge is 0.259 e. The quantitative estimate of drug-likeness (QED) is 0.372. The Hall–Kier alpha value is -2.36. The Balaban J connectivity index is 1.65. The van der Waals surface area contributed by atoms with Crippen LogP contribution in [-0.2, 0) is 0 Å². The van der Waals surface area contributed by atoms with Gasteiger partial charge >= 0.3 is 0 Å². The molecule has 28 heavy (non-hydrogen) atoms. The zero-order chi connectivity index (χ0) is 20.0. The van der Waals surface area contributed by atoms with Gasteiger partial charge in [-0.2, -0.15) is 0 Å². The number of nitrogens with zero attached hydrogens (tertiary/aromatic N) is 4. The molecule has 0 fully saturated rings. The Morgan fingerprint density at radius 2 is 2.11 bits per heavy atom. The molecule has 0 radical (unpaired) electrons. The highest BCUT2D eigenvalue weighted by Crippen LogP contribution is 2.34. The number of hydrogen-bond donors (Lipinski definition) is 2. The molecule has 0 aliphatic heterocycles. The molecule has 0 aliphatic carbocycles. The Bertz CT molecular complexity index is 1240. The van der Waals surface area contributed by atoms with Gasteiger partial charge in [0, 0.05) is 15.5 Å². The van der Waals surface area contributed by atoms with E-state index < -0.39 is 0 Å². The first-order valence-corrected chi connectivity index (χ1v) is 10.6. The van der Waals surface area contributed by atoms with Crippen molar-refractivity contribution in [1.82, 2.24) is 24.8 Å². The highest BCUT2D eigenvalue weighted by Gasteiger charge is 2.20. The molecule has 0 aliphatic rings. The number of nitrogens with one attached hydrogen (secondary N) is 1. The number of halogens is 1. The fraction of sp³-hybridized carbons (Fsp3) is 0.222. The molecule has 1 aromatic carbocycles. The second-order valence-electron chi connectivity index (χ2n) is 6.36. The molecular formula is C18H17ClN6OS2. The van der Waals surface area contributed by atoms with Crippen LogP contribution < -0.4 is 11.4 Å². The van der Waals surface area contributed by atoms with Crippen LogP contribution in [0.3, 0.4) is 0 Å². The maximum Gasteiger partial charge on any atom is 0.259 e. The molecule has 0 amide bonds. The number of aromatic amines is 1. The van der Waals surface area contributed by atoms with Gasteiger partial charge in [-0.3, -0.25) is 4.79 Å². The van der Waals surface area contributed by atoms with Crippen molar-refractivity contribution in [3.05, 3.63) is 55.9 Å². The monoisotopic (exact) mass is 432 g/mol. The summed E-state index contributed by atoms with van der Waals surface area (Å²) in [5.41, 5.74) is 1.64. The average Bonchev–Trinajstić information content (AvgIpc) is 3.15. The summed E-state index contributed by atoms with van der Waals surface area (Å²) in [5, 5.41) is 9.96. The van der Waals surface area contributed by atoms with Crippen molar-refractivity contribution >= 4 is 44.9 Å². The van der Waals surface area contributed by atoms with Gasteiger partial charge in [-0.1, -0.05) is 35.5 Å². The maximum absolute atomic E-state index is 12.5. The molecule has 0 spiro atoms. The largest absolute Gasteiger partial charge is 0.335 e. The summed E-state index contributed by atoms with van der Waals surface area (Å²) < 4.78 is 1.42. The van der Waals surface area contributed by atoms with Crippen molar-refractivity contribution in [3.63, 3.8) is 0 Å². The molecular weight excluding hydrogens is 416 g/mol. The summed E-state index contributed by atoms with van der Waals surface area (Å²) >= 11 is 8.95. The van der Waals surface area contributed by atoms with Crippen LogP contribution in [0.1, 0.15) is 28.4 Å². The predicted octanol–water partition coefficient (Wildman–Crippen LogP) is 4.08. The highest BCUT2D eigenvalue weighted by molar-refractivity contribution is 7.99. The molecule has 10 heteroatoms. The third-order valence-corrected chi connectivity index (χ3v) is 6.87. The van der Waals surface area contributed by atoms with Crippen LogP contribution >= 0.6 is 34.7 Å². The highest BCUT2D eigenvalue weighted by atomic mass is 35.5. The Labute approximate surface area is 173 Å². The summed E-state index contributed by atoms with van der Waals surface area (Å²) in [7, 11) is 0. The lowest BCUT2D eigenvalue weighted by atomic mass is 10.2. The summed E-state index contributed by atoms with van der Waals surface area (Å²) in [6.45, 7) is 5.88. The topological polar surface area (TPSA) is 102 Å². The number of thiophene rings is 1. The lowest BCUT2D eigenvalue weighted by Crippen LogP contribution is -2.14. The molecule has 0 saturated heterocycles. The molecule has 3 N–H and O–H groups in total. The molecule has 0 bridgehead atoms. The van der Waals surface area contributed by atoms with Crippen LogP contribution in [-0.4, -0.2) is 24.8 Å². The van der Waals surface area contributed by atoms with E-state index in [4.69, 9.17) is 17.4 Å². The van der Waals surface area contributed by atoms with Crippen LogP contribution in [0, 0.1) is 13.8 Å². The number of rotatable bonds is 4. The maximum atomic E-state index is 12.5. The Morgan fingerprint density at radius 1 is 1.32 bits per heavy atom. The van der Waals surface area contributed by atoms with Crippen molar-refractivity contribution < 1.29 is 0 Å². The van der Waals surface area contributed by atoms with E-state index in [1.807, 2.05) is 32.9 Å². The van der Waals surface area contributed by atoms with Gasteiger partial charge in [0.05, 0.1) is 10.6 Å². The molecule has 7 nitrogen and oxygen atoms in total. The minimum absolute atomic E-state index is 0.122. The SMILES string of the molecule is Cc1sc2nc([C@H](C)Sc3nnc(-c4cccc(Cl)c4)n3N)[nH]c(=O)c2c1C. The van der Waals surface area contributed by atoms with E-state index >= 15 is 0 Å². The summed E-state index contributed by atoms with van der Waals surface area (Å²) in [6.07, 6.45) is 0. The number of aromatic nitrogens is 5. The lowest BCUT2D eigenvalue weighted by molar-refractivity contribution is 0.835. The van der Waals surface area contributed by atoms with Crippen LogP contribution in [0.2, 0.25) is 5.02 Å². The number of aryl methyl sites for hydroxylation is 2. The van der Waals surface area contributed by atoms with Gasteiger partial charge < -0.3 is 10.8 Å². The number of H-pyrrole nitrogens is 1. The lowest BCUT2D eigenvalue weighted by Gasteiger charge is -2.10. The number of fused-ring (bicyclic) bond motifs is 1. The van der Waals surface area contributed by atoms with Crippen LogP contribution in [0.15, 0.2) is 34.2 Å². The molecule has 3 aromatic heterocycles. The van der Waals surface area contributed by atoms with Gasteiger partial charge in [0.25, 0.3) is 5.56 Å². The summed E-state index contributed by atoms with van der Waals surface area (Å²) in [6, 6.07) is 7.26. The van der Waals surface area contributed by atoms with Gasteiger partial charge in [0.1, 0.15) is 10.7 Å². The van der Waals surface area contributed by atoms with Crippen molar-refractivity contribution in [1.29, 1.82) is 0 Å². The van der Waals surface area contributed by atoms with E-state index in [0.29, 0.717) is 27.2 Å². The first-order chi connectivity index (χ1) is 13.3. The predicted molar refractivity (Wildman–Crippen MR) is 115 cm³/mol. The van der Waals surface area contributed by atoms with Gasteiger partial charge in [0.2, 0.25) is 5.16 Å². The minimum Gasteiger partial charge on any atom is -0.335 e. The van der Waals surface area contributed by atoms with Gasteiger partial charge in [-0.05, 0) is 38.5 Å². The molecule has 0 unspecified atom stereocenters. The normalized spacial score (nSPS) is 12.6. The number of nitrogen functional groups attached to an aromatic ring is 1. The number of nitrogens with two attached hydrogens (primary N) is 1. The van der Waals surface area contributed by atoms with Crippen molar-refractivity contribution in [2.24, 2.45) is 0 Å². The number of hydrogen-bond acceptors (Lipinski definition) is 7. The van der Waals surface area contributed by atoms with Crippen molar-refractivity contribution in [2.45, 2.75) is 31.2 Å². The first kappa shape index (κ1) is 19.0. The van der Waals surface area contributed by atoms with Crippen LogP contribution in [0.25, 0.3) is 21.6 Å². The van der Waals surface area contributed by atoms with Crippen LogP contribution in [0.5, 0.6) is 0 Å². The van der Waals surface area contributed by atoms with E-state index in [2.05, 4.69) is 20.2 Å². The fourth-order valence-electron chi connectivity index (χ4n) is 2.86. The van der Waals surface area contributed by atoms with E-state index in [-0.39, 0.29) is 10.8 Å². The fourth-order valence-corrected chi connectivity index (χ4v) is 4.91. The van der Waals surface area contributed by atoms with Crippen molar-refractivity contribution in [2.75, 3.05) is 5.84 Å².